The highest BCUT2D eigenvalue weighted by atomic mass is 31.2. The Hall–Kier alpha value is -1.81. The summed E-state index contributed by atoms with van der Waals surface area (Å²) in [7, 11) is -4.43. The monoisotopic (exact) mass is 547 g/mol. The number of para-hydroxylation sites is 2. The van der Waals surface area contributed by atoms with E-state index in [1.807, 2.05) is 36.4 Å². The molecule has 0 saturated heterocycles. The van der Waals surface area contributed by atoms with Crippen LogP contribution < -0.4 is 14.4 Å². The van der Waals surface area contributed by atoms with Gasteiger partial charge in [-0.1, -0.05) is 119 Å². The molecule has 2 aromatic carbocycles. The van der Waals surface area contributed by atoms with Crippen molar-refractivity contribution in [2.24, 2.45) is 10.8 Å². The lowest BCUT2D eigenvalue weighted by Gasteiger charge is -2.35. The minimum Gasteiger partial charge on any atom is -0.395 e. The first-order valence-electron chi connectivity index (χ1n) is 13.8. The quantitative estimate of drug-likeness (QED) is 0.290. The summed E-state index contributed by atoms with van der Waals surface area (Å²) in [4.78, 5) is 10.8. The van der Waals surface area contributed by atoms with Gasteiger partial charge in [-0.05, 0) is 59.7 Å². The molecule has 0 amide bonds. The van der Waals surface area contributed by atoms with Gasteiger partial charge in [0.25, 0.3) is 0 Å². The SMILES string of the molecule is CC(C)(C)CC(C)(C)c1ccccc1OP(=O)(O)Oc1ccccc1C(C)(C)CC(C)(C)C.CCNCC. The van der Waals surface area contributed by atoms with Gasteiger partial charge in [-0.25, -0.2) is 4.57 Å². The average molecular weight is 548 g/mol. The Morgan fingerprint density at radius 3 is 1.24 bits per heavy atom. The number of rotatable bonds is 10. The molecule has 0 aliphatic carbocycles. The van der Waals surface area contributed by atoms with Gasteiger partial charge in [-0.3, -0.25) is 4.89 Å². The number of hydrogen-bond acceptors (Lipinski definition) is 4. The van der Waals surface area contributed by atoms with Crippen molar-refractivity contribution in [1.29, 1.82) is 0 Å². The van der Waals surface area contributed by atoms with E-state index in [2.05, 4.69) is 88.4 Å². The molecule has 38 heavy (non-hydrogen) atoms. The molecule has 0 saturated carbocycles. The molecule has 0 radical (unpaired) electrons. The van der Waals surface area contributed by atoms with Gasteiger partial charge in [0.15, 0.2) is 0 Å². The van der Waals surface area contributed by atoms with Crippen LogP contribution >= 0.6 is 7.82 Å². The Labute approximate surface area is 233 Å². The maximum absolute atomic E-state index is 13.2. The first kappa shape index (κ1) is 34.2. The summed E-state index contributed by atoms with van der Waals surface area (Å²) in [6.07, 6.45) is 1.78. The number of benzene rings is 2. The van der Waals surface area contributed by atoms with E-state index >= 15 is 0 Å². The van der Waals surface area contributed by atoms with E-state index in [9.17, 15) is 9.46 Å². The summed E-state index contributed by atoms with van der Waals surface area (Å²) in [6, 6.07) is 14.9. The fourth-order valence-corrected chi connectivity index (χ4v) is 6.42. The molecule has 0 spiro atoms. The lowest BCUT2D eigenvalue weighted by atomic mass is 9.72. The second-order valence-electron chi connectivity index (χ2n) is 13.8. The zero-order chi connectivity index (χ0) is 29.4. The molecule has 0 heterocycles. The van der Waals surface area contributed by atoms with Crippen LogP contribution in [0.15, 0.2) is 48.5 Å². The number of nitrogens with one attached hydrogen (secondary N) is 1. The van der Waals surface area contributed by atoms with Crippen molar-refractivity contribution in [3.05, 3.63) is 59.7 Å². The minimum absolute atomic E-state index is 0.0909. The number of phosphoric ester groups is 1. The van der Waals surface area contributed by atoms with Crippen molar-refractivity contribution in [1.82, 2.24) is 5.32 Å². The van der Waals surface area contributed by atoms with Crippen molar-refractivity contribution in [2.45, 2.75) is 107 Å². The van der Waals surface area contributed by atoms with Crippen molar-refractivity contribution >= 4 is 7.82 Å². The minimum atomic E-state index is -4.43. The van der Waals surface area contributed by atoms with Crippen molar-refractivity contribution < 1.29 is 18.5 Å². The number of hydrogen-bond donors (Lipinski definition) is 2. The van der Waals surface area contributed by atoms with Crippen LogP contribution in [0.4, 0.5) is 0 Å². The molecular formula is C32H54NO4P. The molecule has 0 aliphatic heterocycles. The topological polar surface area (TPSA) is 67.8 Å². The molecule has 5 nitrogen and oxygen atoms in total. The summed E-state index contributed by atoms with van der Waals surface area (Å²) in [5.74, 6) is 0.757. The first-order chi connectivity index (χ1) is 17.2. The summed E-state index contributed by atoms with van der Waals surface area (Å²) in [5.41, 5.74) is 1.46. The maximum Gasteiger partial charge on any atom is 0.584 e. The molecule has 6 heteroatoms. The second-order valence-corrected chi connectivity index (χ2v) is 15.1. The fraction of sp³-hybridized carbons (Fsp3) is 0.625. The summed E-state index contributed by atoms with van der Waals surface area (Å²) in [5, 5.41) is 3.11. The van der Waals surface area contributed by atoms with Crippen LogP contribution in [0.5, 0.6) is 11.5 Å². The smallest absolute Gasteiger partial charge is 0.395 e. The van der Waals surface area contributed by atoms with E-state index in [0.29, 0.717) is 11.5 Å². The van der Waals surface area contributed by atoms with Gasteiger partial charge < -0.3 is 14.4 Å². The zero-order valence-corrected chi connectivity index (χ0v) is 27.0. The largest absolute Gasteiger partial charge is 0.584 e. The molecule has 0 unspecified atom stereocenters. The van der Waals surface area contributed by atoms with Gasteiger partial charge in [-0.15, -0.1) is 0 Å². The van der Waals surface area contributed by atoms with Crippen LogP contribution in [-0.4, -0.2) is 18.0 Å². The molecule has 2 N–H and O–H groups in total. The van der Waals surface area contributed by atoms with Crippen LogP contribution in [0, 0.1) is 10.8 Å². The van der Waals surface area contributed by atoms with Gasteiger partial charge in [0.1, 0.15) is 11.5 Å². The Bertz CT molecular complexity index is 968. The highest BCUT2D eigenvalue weighted by molar-refractivity contribution is 7.48. The molecule has 2 rings (SSSR count). The lowest BCUT2D eigenvalue weighted by Crippen LogP contribution is -2.26. The Kier molecular flexibility index (Phi) is 12.2. The van der Waals surface area contributed by atoms with E-state index in [-0.39, 0.29) is 21.7 Å². The Morgan fingerprint density at radius 2 is 0.974 bits per heavy atom. The molecule has 2 aromatic rings. The Balaban J connectivity index is 0.00000132. The molecule has 0 fully saturated rings. The predicted octanol–water partition coefficient (Wildman–Crippen LogP) is 9.29. The predicted molar refractivity (Wildman–Crippen MR) is 162 cm³/mol. The van der Waals surface area contributed by atoms with Gasteiger partial charge in [-0.2, -0.15) is 0 Å². The molecule has 0 aliphatic rings. The van der Waals surface area contributed by atoms with Gasteiger partial charge >= 0.3 is 7.82 Å². The van der Waals surface area contributed by atoms with E-state index in [0.717, 1.165) is 37.1 Å². The number of phosphoric acid groups is 1. The van der Waals surface area contributed by atoms with E-state index < -0.39 is 7.82 Å². The van der Waals surface area contributed by atoms with E-state index in [1.54, 1.807) is 12.1 Å². The van der Waals surface area contributed by atoms with Crippen LogP contribution in [0.3, 0.4) is 0 Å². The zero-order valence-electron chi connectivity index (χ0n) is 26.1. The van der Waals surface area contributed by atoms with E-state index in [4.69, 9.17) is 9.05 Å². The third-order valence-electron chi connectivity index (χ3n) is 6.10. The third kappa shape index (κ3) is 11.9. The molecule has 216 valence electrons. The Morgan fingerprint density at radius 1 is 0.658 bits per heavy atom. The van der Waals surface area contributed by atoms with Crippen LogP contribution in [0.25, 0.3) is 0 Å². The molecule has 0 aromatic heterocycles. The van der Waals surface area contributed by atoms with Crippen LogP contribution in [-0.2, 0) is 15.4 Å². The fourth-order valence-electron chi connectivity index (χ4n) is 5.57. The van der Waals surface area contributed by atoms with Gasteiger partial charge in [0.2, 0.25) is 0 Å². The molecule has 0 atom stereocenters. The lowest BCUT2D eigenvalue weighted by molar-refractivity contribution is 0.263. The van der Waals surface area contributed by atoms with Crippen molar-refractivity contribution in [2.75, 3.05) is 13.1 Å². The average Bonchev–Trinajstić information content (AvgIpc) is 2.71. The van der Waals surface area contributed by atoms with Crippen LogP contribution in [0.1, 0.15) is 107 Å². The summed E-state index contributed by atoms with van der Waals surface area (Å²) >= 11 is 0. The first-order valence-corrected chi connectivity index (χ1v) is 15.3. The maximum atomic E-state index is 13.2. The second kappa shape index (κ2) is 13.5. The highest BCUT2D eigenvalue weighted by Crippen LogP contribution is 2.51. The van der Waals surface area contributed by atoms with Gasteiger partial charge in [0.05, 0.1) is 0 Å². The van der Waals surface area contributed by atoms with Crippen LogP contribution in [0.2, 0.25) is 0 Å². The van der Waals surface area contributed by atoms with E-state index in [1.165, 1.54) is 0 Å². The third-order valence-corrected chi connectivity index (χ3v) is 6.96. The van der Waals surface area contributed by atoms with Crippen molar-refractivity contribution in [3.8, 4) is 11.5 Å². The van der Waals surface area contributed by atoms with Crippen molar-refractivity contribution in [3.63, 3.8) is 0 Å². The standard InChI is InChI=1S/C28H43O4P.C4H11N/c1-25(2,3)19-27(7,8)21-15-11-13-17-23(21)31-33(29,30)32-24-18-14-12-16-22(24)28(9,10)20-26(4,5)6;1-3-5-4-2/h11-18H,19-20H2,1-10H3,(H,29,30);5H,3-4H2,1-2H3. The normalized spacial score (nSPS) is 13.0. The molecular weight excluding hydrogens is 493 g/mol. The molecule has 0 bridgehead atoms. The van der Waals surface area contributed by atoms with Gasteiger partial charge in [0, 0.05) is 11.1 Å². The summed E-state index contributed by atoms with van der Waals surface area (Å²) < 4.78 is 24.6. The summed E-state index contributed by atoms with van der Waals surface area (Å²) in [6.45, 7) is 28.1. The highest BCUT2D eigenvalue weighted by Gasteiger charge is 2.35.